The molecule has 1 unspecified atom stereocenters. The van der Waals surface area contributed by atoms with Gasteiger partial charge in [-0.3, -0.25) is 9.89 Å². The van der Waals surface area contributed by atoms with E-state index in [1.165, 1.54) is 53.2 Å². The number of aliphatic imine (C=N–C) groups is 1. The summed E-state index contributed by atoms with van der Waals surface area (Å²) >= 11 is 0. The van der Waals surface area contributed by atoms with E-state index in [0.717, 1.165) is 45.7 Å². The average Bonchev–Trinajstić information content (AvgIpc) is 3.56. The lowest BCUT2D eigenvalue weighted by atomic mass is 9.94. The van der Waals surface area contributed by atoms with Crippen molar-refractivity contribution in [3.05, 3.63) is 72.1 Å². The molecule has 34 heavy (non-hydrogen) atoms. The highest BCUT2D eigenvalue weighted by Crippen LogP contribution is 2.38. The number of piperidine rings is 1. The Labute approximate surface area is 202 Å². The summed E-state index contributed by atoms with van der Waals surface area (Å²) in [7, 11) is 2.22. The number of para-hydroxylation sites is 1. The average molecular weight is 455 g/mol. The van der Waals surface area contributed by atoms with Crippen molar-refractivity contribution in [2.24, 2.45) is 4.99 Å². The first kappa shape index (κ1) is 21.6. The van der Waals surface area contributed by atoms with Crippen LogP contribution in [0.4, 0.5) is 11.4 Å². The first-order valence-electron chi connectivity index (χ1n) is 12.7. The van der Waals surface area contributed by atoms with Crippen molar-refractivity contribution in [2.45, 2.75) is 38.3 Å². The Bertz CT molecular complexity index is 1160. The summed E-state index contributed by atoms with van der Waals surface area (Å²) in [6.07, 6.45) is 8.60. The van der Waals surface area contributed by atoms with E-state index in [1.54, 1.807) is 0 Å². The molecule has 0 radical (unpaired) electrons. The van der Waals surface area contributed by atoms with E-state index in [9.17, 15) is 0 Å². The van der Waals surface area contributed by atoms with Gasteiger partial charge in [0.2, 0.25) is 0 Å². The van der Waals surface area contributed by atoms with Crippen molar-refractivity contribution in [1.29, 1.82) is 0 Å². The minimum Gasteiger partial charge on any atom is -0.369 e. The summed E-state index contributed by atoms with van der Waals surface area (Å²) in [6, 6.07) is 17.8. The fourth-order valence-corrected chi connectivity index (χ4v) is 5.82. The van der Waals surface area contributed by atoms with Crippen LogP contribution in [0.5, 0.6) is 0 Å². The van der Waals surface area contributed by atoms with Crippen LogP contribution in [0.15, 0.2) is 65.9 Å². The molecule has 3 aliphatic rings. The number of aromatic nitrogens is 2. The fourth-order valence-electron chi connectivity index (χ4n) is 5.82. The lowest BCUT2D eigenvalue weighted by molar-refractivity contribution is 0.183. The van der Waals surface area contributed by atoms with Crippen molar-refractivity contribution in [3.8, 4) is 5.69 Å². The molecule has 6 nitrogen and oxygen atoms in total. The number of nitrogens with zero attached hydrogens (tertiary/aromatic N) is 6. The van der Waals surface area contributed by atoms with Crippen molar-refractivity contribution >= 4 is 17.1 Å². The van der Waals surface area contributed by atoms with Gasteiger partial charge in [-0.2, -0.15) is 5.10 Å². The predicted octanol–water partition coefficient (Wildman–Crippen LogP) is 4.31. The summed E-state index contributed by atoms with van der Waals surface area (Å²) in [5.74, 6) is 0. The molecule has 2 fully saturated rings. The summed E-state index contributed by atoms with van der Waals surface area (Å²) < 4.78 is 1.99. The molecule has 0 amide bonds. The maximum absolute atomic E-state index is 5.23. The van der Waals surface area contributed by atoms with Gasteiger partial charge < -0.3 is 9.80 Å². The molecule has 6 heteroatoms. The maximum atomic E-state index is 5.23. The van der Waals surface area contributed by atoms with Crippen LogP contribution < -0.4 is 4.90 Å². The second-order valence-electron chi connectivity index (χ2n) is 9.91. The number of hydrogen-bond donors (Lipinski definition) is 0. The monoisotopic (exact) mass is 454 g/mol. The van der Waals surface area contributed by atoms with Crippen LogP contribution in [-0.2, 0) is 13.0 Å². The Kier molecular flexibility index (Phi) is 5.93. The molecule has 2 aromatic carbocycles. The van der Waals surface area contributed by atoms with E-state index in [4.69, 9.17) is 4.99 Å². The zero-order chi connectivity index (χ0) is 22.9. The topological polar surface area (TPSA) is 39.9 Å². The summed E-state index contributed by atoms with van der Waals surface area (Å²) in [6.45, 7) is 6.51. The van der Waals surface area contributed by atoms with Crippen LogP contribution in [-0.4, -0.2) is 71.1 Å². The Morgan fingerprint density at radius 3 is 2.59 bits per heavy atom. The van der Waals surface area contributed by atoms with Crippen LogP contribution in [0.3, 0.4) is 0 Å². The van der Waals surface area contributed by atoms with Gasteiger partial charge in [0.05, 0.1) is 11.4 Å². The quantitative estimate of drug-likeness (QED) is 0.576. The third-order valence-corrected chi connectivity index (χ3v) is 7.71. The molecule has 3 aliphatic heterocycles. The highest BCUT2D eigenvalue weighted by atomic mass is 15.3. The maximum Gasteiger partial charge on any atom is 0.0690 e. The van der Waals surface area contributed by atoms with Crippen LogP contribution in [0.1, 0.15) is 30.4 Å². The number of anilines is 1. The highest BCUT2D eigenvalue weighted by Gasteiger charge is 2.32. The summed E-state index contributed by atoms with van der Waals surface area (Å²) in [5, 5.41) is 4.49. The van der Waals surface area contributed by atoms with Crippen molar-refractivity contribution in [2.75, 3.05) is 44.7 Å². The van der Waals surface area contributed by atoms with E-state index >= 15 is 0 Å². The van der Waals surface area contributed by atoms with Crippen molar-refractivity contribution in [3.63, 3.8) is 0 Å². The SMILES string of the molecule is CN1CCN(c2cccc3c2CC(C2CCCCN2Cc2ccccc2-n2cccn2)=N3)CC1. The summed E-state index contributed by atoms with van der Waals surface area (Å²) in [4.78, 5) is 12.9. The van der Waals surface area contributed by atoms with Crippen LogP contribution in [0, 0.1) is 0 Å². The van der Waals surface area contributed by atoms with Gasteiger partial charge in [-0.1, -0.05) is 30.7 Å². The van der Waals surface area contributed by atoms with Gasteiger partial charge in [0, 0.05) is 74.5 Å². The minimum absolute atomic E-state index is 0.409. The second-order valence-corrected chi connectivity index (χ2v) is 9.91. The Balaban J connectivity index is 1.24. The molecule has 6 rings (SSSR count). The van der Waals surface area contributed by atoms with Crippen LogP contribution in [0.25, 0.3) is 5.69 Å². The smallest absolute Gasteiger partial charge is 0.0690 e. The molecular weight excluding hydrogens is 420 g/mol. The molecule has 0 aliphatic carbocycles. The molecule has 2 saturated heterocycles. The molecule has 0 saturated carbocycles. The Morgan fingerprint density at radius 2 is 1.74 bits per heavy atom. The Morgan fingerprint density at radius 1 is 0.882 bits per heavy atom. The molecule has 3 aromatic rings. The van der Waals surface area contributed by atoms with Crippen LogP contribution >= 0.6 is 0 Å². The van der Waals surface area contributed by atoms with Gasteiger partial charge in [-0.15, -0.1) is 0 Å². The molecular formula is C28H34N6. The molecule has 176 valence electrons. The normalized spacial score (nSPS) is 21.5. The van der Waals surface area contributed by atoms with Gasteiger partial charge in [-0.05, 0) is 56.3 Å². The minimum atomic E-state index is 0.409. The number of hydrogen-bond acceptors (Lipinski definition) is 5. The highest BCUT2D eigenvalue weighted by molar-refractivity contribution is 5.99. The predicted molar refractivity (Wildman–Crippen MR) is 139 cm³/mol. The first-order valence-corrected chi connectivity index (χ1v) is 12.7. The number of fused-ring (bicyclic) bond motifs is 1. The number of benzene rings is 2. The van der Waals surface area contributed by atoms with Gasteiger partial charge in [0.15, 0.2) is 0 Å². The van der Waals surface area contributed by atoms with Gasteiger partial charge in [-0.25, -0.2) is 4.68 Å². The van der Waals surface area contributed by atoms with E-state index in [2.05, 4.69) is 69.3 Å². The molecule has 0 N–H and O–H groups in total. The Hall–Kier alpha value is -2.96. The lowest BCUT2D eigenvalue weighted by Gasteiger charge is -2.37. The number of likely N-dealkylation sites (tertiary alicyclic amines) is 1. The largest absolute Gasteiger partial charge is 0.369 e. The molecule has 1 aromatic heterocycles. The molecule has 0 bridgehead atoms. The molecule has 0 spiro atoms. The lowest BCUT2D eigenvalue weighted by Crippen LogP contribution is -2.45. The van der Waals surface area contributed by atoms with Crippen molar-refractivity contribution < 1.29 is 0 Å². The van der Waals surface area contributed by atoms with E-state index in [-0.39, 0.29) is 0 Å². The van der Waals surface area contributed by atoms with E-state index in [1.807, 2.05) is 23.1 Å². The number of likely N-dealkylation sites (N-methyl/N-ethyl adjacent to an activating group) is 1. The van der Waals surface area contributed by atoms with Crippen molar-refractivity contribution in [1.82, 2.24) is 19.6 Å². The zero-order valence-corrected chi connectivity index (χ0v) is 20.1. The molecule has 4 heterocycles. The third-order valence-electron chi connectivity index (χ3n) is 7.71. The van der Waals surface area contributed by atoms with E-state index in [0.29, 0.717) is 6.04 Å². The van der Waals surface area contributed by atoms with Gasteiger partial charge in [0.25, 0.3) is 0 Å². The first-order chi connectivity index (χ1) is 16.8. The van der Waals surface area contributed by atoms with E-state index < -0.39 is 0 Å². The summed E-state index contributed by atoms with van der Waals surface area (Å²) in [5.41, 5.74) is 7.88. The zero-order valence-electron chi connectivity index (χ0n) is 20.1. The molecule has 1 atom stereocenters. The standard InChI is InChI=1S/C28H34N6/c1-31-16-18-32(19-17-31)27-12-6-9-24-23(27)20-25(30-24)28-11-4-5-14-33(28)21-22-8-2-3-10-26(22)34-15-7-13-29-34/h2-3,6-10,12-13,15,28H,4-5,11,14,16-21H2,1H3. The second kappa shape index (κ2) is 9.35. The van der Waals surface area contributed by atoms with Crippen LogP contribution in [0.2, 0.25) is 0 Å². The van der Waals surface area contributed by atoms with Gasteiger partial charge in [0.1, 0.15) is 0 Å². The number of rotatable bonds is 5. The fraction of sp³-hybridized carbons (Fsp3) is 0.429. The number of piperazine rings is 1. The third kappa shape index (κ3) is 4.17. The van der Waals surface area contributed by atoms with Gasteiger partial charge >= 0.3 is 0 Å².